The molecule has 5 nitrogen and oxygen atoms in total. The molecule has 0 saturated heterocycles. The van der Waals surface area contributed by atoms with Crippen molar-refractivity contribution >= 4 is 34.8 Å². The van der Waals surface area contributed by atoms with E-state index in [1.807, 2.05) is 35.0 Å². The number of amides is 2. The highest BCUT2D eigenvalue weighted by molar-refractivity contribution is 7.08. The Bertz CT molecular complexity index is 748. The molecule has 28 heavy (non-hydrogen) atoms. The van der Waals surface area contributed by atoms with Gasteiger partial charge in [0.15, 0.2) is 0 Å². The first kappa shape index (κ1) is 22.4. The standard InChI is InChI=1S/C21H28ClN3O2S/c1-3-25(4-2)19(17-8-5-6-9-18(17)22)14-24-20(26)10-7-12-23-21(27)16-11-13-28-15-16/h5-6,8-9,11,13,15,19H,3-4,7,10,12,14H2,1-2H3,(H,23,27)(H,24,26)/t19-/m0/s1. The molecule has 0 bridgehead atoms. The van der Waals surface area contributed by atoms with Gasteiger partial charge in [0.2, 0.25) is 5.91 Å². The van der Waals surface area contributed by atoms with E-state index in [-0.39, 0.29) is 17.9 Å². The summed E-state index contributed by atoms with van der Waals surface area (Å²) in [5.41, 5.74) is 1.69. The van der Waals surface area contributed by atoms with Crippen molar-refractivity contribution in [2.75, 3.05) is 26.2 Å². The van der Waals surface area contributed by atoms with Crippen LogP contribution in [0, 0.1) is 0 Å². The molecule has 0 spiro atoms. The van der Waals surface area contributed by atoms with Crippen LogP contribution in [-0.2, 0) is 4.79 Å². The number of likely N-dealkylation sites (N-methyl/N-ethyl adjacent to an activating group) is 1. The second-order valence-electron chi connectivity index (χ2n) is 6.43. The molecule has 2 aromatic rings. The van der Waals surface area contributed by atoms with E-state index >= 15 is 0 Å². The van der Waals surface area contributed by atoms with Gasteiger partial charge in [0.25, 0.3) is 5.91 Å². The molecular weight excluding hydrogens is 394 g/mol. The number of rotatable bonds is 11. The maximum absolute atomic E-state index is 12.3. The van der Waals surface area contributed by atoms with E-state index in [4.69, 9.17) is 11.6 Å². The summed E-state index contributed by atoms with van der Waals surface area (Å²) >= 11 is 7.88. The summed E-state index contributed by atoms with van der Waals surface area (Å²) in [6, 6.07) is 9.59. The number of hydrogen-bond acceptors (Lipinski definition) is 4. The fourth-order valence-corrected chi connectivity index (χ4v) is 3.99. The molecule has 2 rings (SSSR count). The van der Waals surface area contributed by atoms with E-state index < -0.39 is 0 Å². The third-order valence-corrected chi connectivity index (χ3v) is 5.69. The maximum atomic E-state index is 12.3. The SMILES string of the molecule is CCN(CC)[C@@H](CNC(=O)CCCNC(=O)c1ccsc1)c1ccccc1Cl. The molecule has 0 aliphatic carbocycles. The first-order valence-electron chi connectivity index (χ1n) is 9.62. The summed E-state index contributed by atoms with van der Waals surface area (Å²) in [5, 5.41) is 10.3. The minimum Gasteiger partial charge on any atom is -0.354 e. The van der Waals surface area contributed by atoms with Crippen molar-refractivity contribution in [3.05, 3.63) is 57.2 Å². The summed E-state index contributed by atoms with van der Waals surface area (Å²) in [5.74, 6) is -0.115. The van der Waals surface area contributed by atoms with Crippen molar-refractivity contribution < 1.29 is 9.59 Å². The fraction of sp³-hybridized carbons (Fsp3) is 0.429. The topological polar surface area (TPSA) is 61.4 Å². The lowest BCUT2D eigenvalue weighted by molar-refractivity contribution is -0.121. The third kappa shape index (κ3) is 6.62. The molecule has 0 saturated carbocycles. The number of hydrogen-bond donors (Lipinski definition) is 2. The largest absolute Gasteiger partial charge is 0.354 e. The van der Waals surface area contributed by atoms with Gasteiger partial charge in [0.05, 0.1) is 6.04 Å². The first-order valence-corrected chi connectivity index (χ1v) is 10.9. The van der Waals surface area contributed by atoms with E-state index in [1.54, 1.807) is 6.07 Å². The molecule has 0 unspecified atom stereocenters. The Balaban J connectivity index is 1.81. The molecule has 1 atom stereocenters. The van der Waals surface area contributed by atoms with E-state index in [1.165, 1.54) is 11.3 Å². The zero-order valence-electron chi connectivity index (χ0n) is 16.4. The fourth-order valence-electron chi connectivity index (χ4n) is 3.09. The number of halogens is 1. The van der Waals surface area contributed by atoms with Gasteiger partial charge in [-0.15, -0.1) is 0 Å². The lowest BCUT2D eigenvalue weighted by Crippen LogP contribution is -2.38. The van der Waals surface area contributed by atoms with Gasteiger partial charge in [-0.1, -0.05) is 43.6 Å². The first-order chi connectivity index (χ1) is 13.6. The number of benzene rings is 1. The summed E-state index contributed by atoms with van der Waals surface area (Å²) in [6.07, 6.45) is 0.973. The van der Waals surface area contributed by atoms with Gasteiger partial charge in [-0.3, -0.25) is 14.5 Å². The number of nitrogens with zero attached hydrogens (tertiary/aromatic N) is 1. The van der Waals surface area contributed by atoms with E-state index in [2.05, 4.69) is 29.4 Å². The molecular formula is C21H28ClN3O2S. The van der Waals surface area contributed by atoms with Gasteiger partial charge in [0.1, 0.15) is 0 Å². The van der Waals surface area contributed by atoms with Crippen molar-refractivity contribution in [1.29, 1.82) is 0 Å². The third-order valence-electron chi connectivity index (χ3n) is 4.66. The summed E-state index contributed by atoms with van der Waals surface area (Å²) in [7, 11) is 0. The van der Waals surface area contributed by atoms with Crippen LogP contribution in [0.15, 0.2) is 41.1 Å². The summed E-state index contributed by atoms with van der Waals surface area (Å²) in [6.45, 7) is 6.93. The van der Waals surface area contributed by atoms with Crippen LogP contribution in [0.2, 0.25) is 5.02 Å². The zero-order chi connectivity index (χ0) is 20.4. The van der Waals surface area contributed by atoms with Crippen LogP contribution in [0.25, 0.3) is 0 Å². The maximum Gasteiger partial charge on any atom is 0.252 e. The molecule has 2 N–H and O–H groups in total. The minimum atomic E-state index is -0.0954. The Labute approximate surface area is 176 Å². The predicted molar refractivity (Wildman–Crippen MR) is 116 cm³/mol. The van der Waals surface area contributed by atoms with Gasteiger partial charge < -0.3 is 10.6 Å². The van der Waals surface area contributed by atoms with E-state index in [0.717, 1.165) is 18.7 Å². The molecule has 0 fully saturated rings. The van der Waals surface area contributed by atoms with Crippen molar-refractivity contribution in [3.63, 3.8) is 0 Å². The molecule has 1 aromatic heterocycles. The average molecular weight is 422 g/mol. The Kier molecular flexibility index (Phi) is 9.47. The molecule has 1 heterocycles. The van der Waals surface area contributed by atoms with Gasteiger partial charge in [-0.25, -0.2) is 0 Å². The number of thiophene rings is 1. The van der Waals surface area contributed by atoms with Gasteiger partial charge in [0, 0.05) is 35.5 Å². The highest BCUT2D eigenvalue weighted by Gasteiger charge is 2.20. The summed E-state index contributed by atoms with van der Waals surface area (Å²) in [4.78, 5) is 26.4. The quantitative estimate of drug-likeness (QED) is 0.536. The Hall–Kier alpha value is -1.89. The second kappa shape index (κ2) is 11.8. The van der Waals surface area contributed by atoms with Crippen molar-refractivity contribution in [3.8, 4) is 0 Å². The van der Waals surface area contributed by atoms with Crippen LogP contribution < -0.4 is 10.6 Å². The van der Waals surface area contributed by atoms with Crippen molar-refractivity contribution in [1.82, 2.24) is 15.5 Å². The molecule has 0 aliphatic heterocycles. The molecule has 1 aromatic carbocycles. The van der Waals surface area contributed by atoms with Crippen LogP contribution in [0.5, 0.6) is 0 Å². The van der Waals surface area contributed by atoms with E-state index in [0.29, 0.717) is 36.5 Å². The van der Waals surface area contributed by atoms with E-state index in [9.17, 15) is 9.59 Å². The van der Waals surface area contributed by atoms with Crippen molar-refractivity contribution in [2.45, 2.75) is 32.7 Å². The molecule has 152 valence electrons. The van der Waals surface area contributed by atoms with Gasteiger partial charge >= 0.3 is 0 Å². The smallest absolute Gasteiger partial charge is 0.252 e. The minimum absolute atomic E-state index is 0.0195. The van der Waals surface area contributed by atoms with Crippen LogP contribution in [0.3, 0.4) is 0 Å². The average Bonchev–Trinajstić information content (AvgIpc) is 3.24. The van der Waals surface area contributed by atoms with Crippen LogP contribution in [-0.4, -0.2) is 42.9 Å². The highest BCUT2D eigenvalue weighted by Crippen LogP contribution is 2.26. The monoisotopic (exact) mass is 421 g/mol. The molecule has 7 heteroatoms. The summed E-state index contributed by atoms with van der Waals surface area (Å²) < 4.78 is 0. The van der Waals surface area contributed by atoms with Gasteiger partial charge in [-0.05, 0) is 42.6 Å². The Morgan fingerprint density at radius 2 is 1.89 bits per heavy atom. The number of nitrogens with one attached hydrogen (secondary N) is 2. The lowest BCUT2D eigenvalue weighted by Gasteiger charge is -2.31. The predicted octanol–water partition coefficient (Wildman–Crippen LogP) is 4.11. The van der Waals surface area contributed by atoms with Crippen LogP contribution in [0.1, 0.15) is 48.7 Å². The highest BCUT2D eigenvalue weighted by atomic mass is 35.5. The molecule has 2 amide bonds. The van der Waals surface area contributed by atoms with Gasteiger partial charge in [-0.2, -0.15) is 11.3 Å². The lowest BCUT2D eigenvalue weighted by atomic mass is 10.0. The number of carbonyl (C=O) groups excluding carboxylic acids is 2. The van der Waals surface area contributed by atoms with Crippen molar-refractivity contribution in [2.24, 2.45) is 0 Å². The normalized spacial score (nSPS) is 12.0. The molecule has 0 aliphatic rings. The Morgan fingerprint density at radius 3 is 2.54 bits per heavy atom. The Morgan fingerprint density at radius 1 is 1.14 bits per heavy atom. The second-order valence-corrected chi connectivity index (χ2v) is 7.62. The van der Waals surface area contributed by atoms with Crippen LogP contribution in [0.4, 0.5) is 0 Å². The molecule has 0 radical (unpaired) electrons. The van der Waals surface area contributed by atoms with Crippen LogP contribution >= 0.6 is 22.9 Å². The number of carbonyl (C=O) groups is 2. The zero-order valence-corrected chi connectivity index (χ0v) is 18.0.